The Morgan fingerprint density at radius 3 is 2.74 bits per heavy atom. The van der Waals surface area contributed by atoms with Gasteiger partial charge in [-0.25, -0.2) is 9.69 Å². The van der Waals surface area contributed by atoms with Crippen LogP contribution in [0.15, 0.2) is 54.7 Å². The van der Waals surface area contributed by atoms with Gasteiger partial charge in [0.1, 0.15) is 17.9 Å². The fourth-order valence-corrected chi connectivity index (χ4v) is 5.49. The van der Waals surface area contributed by atoms with Crippen LogP contribution >= 0.6 is 11.6 Å². The molecule has 35 heavy (non-hydrogen) atoms. The molecule has 9 nitrogen and oxygen atoms in total. The lowest BCUT2D eigenvalue weighted by Gasteiger charge is -2.34. The first-order chi connectivity index (χ1) is 17.0. The lowest BCUT2D eigenvalue weighted by atomic mass is 10.1. The Morgan fingerprint density at radius 1 is 1.17 bits per heavy atom. The predicted octanol–water partition coefficient (Wildman–Crippen LogP) is 2.96. The molecule has 0 aliphatic carbocycles. The van der Waals surface area contributed by atoms with Gasteiger partial charge in [-0.1, -0.05) is 11.6 Å². The summed E-state index contributed by atoms with van der Waals surface area (Å²) in [6, 6.07) is 13.6. The number of nitrogens with zero attached hydrogens (tertiary/aromatic N) is 5. The van der Waals surface area contributed by atoms with Crippen molar-refractivity contribution in [1.82, 2.24) is 14.8 Å². The van der Waals surface area contributed by atoms with E-state index in [1.165, 1.54) is 0 Å². The number of carbonyl (C=O) groups excluding carboxylic acids is 3. The summed E-state index contributed by atoms with van der Waals surface area (Å²) in [7, 11) is 0. The molecule has 0 radical (unpaired) electrons. The van der Waals surface area contributed by atoms with Gasteiger partial charge in [-0.3, -0.25) is 14.6 Å². The average molecular weight is 488 g/mol. The second kappa shape index (κ2) is 7.96. The molecule has 0 saturated carbocycles. The molecule has 0 N–H and O–H groups in total. The number of likely N-dealkylation sites (tertiary alicyclic amines) is 1. The van der Waals surface area contributed by atoms with E-state index in [0.717, 1.165) is 4.90 Å². The molecule has 2 bridgehead atoms. The monoisotopic (exact) mass is 487 g/mol. The van der Waals surface area contributed by atoms with E-state index >= 15 is 0 Å². The van der Waals surface area contributed by atoms with Crippen molar-refractivity contribution in [3.05, 3.63) is 65.3 Å². The number of amides is 4. The first kappa shape index (κ1) is 21.4. The van der Waals surface area contributed by atoms with Crippen LogP contribution in [0, 0.1) is 11.3 Å². The van der Waals surface area contributed by atoms with Crippen LogP contribution < -0.4 is 9.64 Å². The topological polar surface area (TPSA) is 107 Å². The largest absolute Gasteiger partial charge is 0.484 e. The summed E-state index contributed by atoms with van der Waals surface area (Å²) in [4.78, 5) is 48.6. The number of urea groups is 1. The van der Waals surface area contributed by atoms with Gasteiger partial charge in [-0.2, -0.15) is 5.26 Å². The number of fused-ring (bicyclic) bond motifs is 6. The number of rotatable bonds is 4. The number of aromatic nitrogens is 1. The predicted molar refractivity (Wildman–Crippen MR) is 126 cm³/mol. The molecular formula is C25H18ClN5O4. The highest BCUT2D eigenvalue weighted by Crippen LogP contribution is 2.43. The van der Waals surface area contributed by atoms with Gasteiger partial charge in [0.15, 0.2) is 6.61 Å². The van der Waals surface area contributed by atoms with Crippen molar-refractivity contribution in [3.8, 4) is 11.8 Å². The van der Waals surface area contributed by atoms with Gasteiger partial charge in [-0.15, -0.1) is 0 Å². The molecule has 2 unspecified atom stereocenters. The van der Waals surface area contributed by atoms with Crippen LogP contribution in [0.25, 0.3) is 10.9 Å². The fraction of sp³-hybridized carbons (Fsp3) is 0.240. The van der Waals surface area contributed by atoms with Gasteiger partial charge in [-0.05, 0) is 55.0 Å². The number of carbonyl (C=O) groups is 3. The van der Waals surface area contributed by atoms with Crippen molar-refractivity contribution in [3.63, 3.8) is 0 Å². The van der Waals surface area contributed by atoms with Gasteiger partial charge >= 0.3 is 6.03 Å². The minimum atomic E-state index is -0.747. The minimum Gasteiger partial charge on any atom is -0.484 e. The summed E-state index contributed by atoms with van der Waals surface area (Å²) in [5.41, 5.74) is 1.18. The average Bonchev–Trinajstić information content (AvgIpc) is 3.54. The van der Waals surface area contributed by atoms with Crippen molar-refractivity contribution in [1.29, 1.82) is 5.26 Å². The zero-order valence-corrected chi connectivity index (χ0v) is 19.1. The van der Waals surface area contributed by atoms with Crippen molar-refractivity contribution < 1.29 is 19.1 Å². The molecule has 3 aliphatic rings. The van der Waals surface area contributed by atoms with Crippen LogP contribution in [-0.2, 0) is 9.59 Å². The molecule has 3 aliphatic heterocycles. The highest BCUT2D eigenvalue weighted by atomic mass is 35.5. The van der Waals surface area contributed by atoms with E-state index < -0.39 is 18.1 Å². The Bertz CT molecular complexity index is 1440. The first-order valence-electron chi connectivity index (χ1n) is 11.1. The number of hydrogen-bond donors (Lipinski definition) is 0. The molecule has 10 heteroatoms. The maximum Gasteiger partial charge on any atom is 0.332 e. The normalized spacial score (nSPS) is 22.6. The van der Waals surface area contributed by atoms with Gasteiger partial charge < -0.3 is 14.5 Å². The van der Waals surface area contributed by atoms with Crippen molar-refractivity contribution in [2.24, 2.45) is 0 Å². The molecule has 3 saturated heterocycles. The third-order valence-electron chi connectivity index (χ3n) is 6.87. The van der Waals surface area contributed by atoms with Crippen LogP contribution in [0.3, 0.4) is 0 Å². The molecule has 4 amide bonds. The molecule has 6 rings (SSSR count). The molecule has 3 fully saturated rings. The van der Waals surface area contributed by atoms with Gasteiger partial charge in [0.2, 0.25) is 0 Å². The Kier molecular flexibility index (Phi) is 4.86. The van der Waals surface area contributed by atoms with E-state index in [0.29, 0.717) is 45.9 Å². The summed E-state index contributed by atoms with van der Waals surface area (Å²) in [5, 5.41) is 10.5. The Labute approximate surface area is 205 Å². The summed E-state index contributed by atoms with van der Waals surface area (Å²) in [6.07, 6.45) is 2.12. The van der Waals surface area contributed by atoms with Gasteiger partial charge in [0, 0.05) is 23.2 Å². The zero-order chi connectivity index (χ0) is 24.3. The fourth-order valence-electron chi connectivity index (χ4n) is 5.37. The molecular weight excluding hydrogens is 470 g/mol. The second-order valence-electron chi connectivity index (χ2n) is 8.70. The SMILES string of the molecule is N#Cc1ccc(N2C(=O)[C@H]3C4CC(CN4C(=O)COc4ccc(Cl)cc4)N3C2=O)c2cccnc12. The van der Waals surface area contributed by atoms with E-state index in [1.54, 1.807) is 64.5 Å². The van der Waals surface area contributed by atoms with E-state index in [9.17, 15) is 19.6 Å². The number of anilines is 1. The Balaban J connectivity index is 1.25. The molecule has 174 valence electrons. The second-order valence-corrected chi connectivity index (χ2v) is 9.13. The van der Waals surface area contributed by atoms with Crippen molar-refractivity contribution in [2.45, 2.75) is 24.5 Å². The zero-order valence-electron chi connectivity index (χ0n) is 18.3. The summed E-state index contributed by atoms with van der Waals surface area (Å²) < 4.78 is 5.60. The summed E-state index contributed by atoms with van der Waals surface area (Å²) >= 11 is 5.88. The number of ether oxygens (including phenoxy) is 1. The maximum absolute atomic E-state index is 13.6. The number of benzene rings is 2. The lowest BCUT2D eigenvalue weighted by Crippen LogP contribution is -2.55. The first-order valence-corrected chi connectivity index (χ1v) is 11.5. The summed E-state index contributed by atoms with van der Waals surface area (Å²) in [5.74, 6) is -0.0966. The molecule has 0 spiro atoms. The van der Waals surface area contributed by atoms with Crippen LogP contribution in [0.5, 0.6) is 5.75 Å². The van der Waals surface area contributed by atoms with Crippen LogP contribution in [0.2, 0.25) is 5.02 Å². The van der Waals surface area contributed by atoms with E-state index in [2.05, 4.69) is 11.1 Å². The van der Waals surface area contributed by atoms with E-state index in [4.69, 9.17) is 16.3 Å². The number of piperazine rings is 1. The molecule has 3 aromatic rings. The lowest BCUT2D eigenvalue weighted by molar-refractivity contribution is -0.137. The van der Waals surface area contributed by atoms with Crippen molar-refractivity contribution in [2.75, 3.05) is 18.1 Å². The minimum absolute atomic E-state index is 0.171. The number of pyridine rings is 1. The van der Waals surface area contributed by atoms with Gasteiger partial charge in [0.25, 0.3) is 11.8 Å². The van der Waals surface area contributed by atoms with Crippen LogP contribution in [0.1, 0.15) is 12.0 Å². The molecule has 1 aromatic heterocycles. The van der Waals surface area contributed by atoms with Crippen molar-refractivity contribution >= 4 is 46.0 Å². The number of hydrogen-bond acceptors (Lipinski definition) is 6. The number of nitriles is 1. The number of halogens is 1. The third-order valence-corrected chi connectivity index (χ3v) is 7.12. The molecule has 2 aromatic carbocycles. The maximum atomic E-state index is 13.6. The van der Waals surface area contributed by atoms with Gasteiger partial charge in [0.05, 0.1) is 28.9 Å². The smallest absolute Gasteiger partial charge is 0.332 e. The number of imide groups is 1. The highest BCUT2D eigenvalue weighted by Gasteiger charge is 2.63. The molecule has 3 atom stereocenters. The third kappa shape index (κ3) is 3.21. The van der Waals surface area contributed by atoms with E-state index in [-0.39, 0.29) is 24.5 Å². The summed E-state index contributed by atoms with van der Waals surface area (Å²) in [6.45, 7) is 0.182. The van der Waals surface area contributed by atoms with Crippen LogP contribution in [0.4, 0.5) is 10.5 Å². The highest BCUT2D eigenvalue weighted by molar-refractivity contribution is 6.30. The van der Waals surface area contributed by atoms with Crippen LogP contribution in [-0.4, -0.2) is 63.9 Å². The van der Waals surface area contributed by atoms with E-state index in [1.807, 2.05) is 0 Å². The quantitative estimate of drug-likeness (QED) is 0.524. The Hall–Kier alpha value is -4.16. The molecule has 4 heterocycles. The Morgan fingerprint density at radius 2 is 1.97 bits per heavy atom. The standard InChI is InChI=1S/C25H18ClN5O4/c26-15-4-6-17(7-5-15)35-13-21(32)29-12-16-10-20(29)23-24(33)31(25(34)30(16)23)19-8-3-14(11-27)22-18(19)2-1-9-28-22/h1-9,16,20,23H,10,12-13H2/t16?,20?,23-/m1/s1.